The zero-order valence-electron chi connectivity index (χ0n) is 10.7. The summed E-state index contributed by atoms with van der Waals surface area (Å²) in [5, 5.41) is 9.98. The van der Waals surface area contributed by atoms with Crippen molar-refractivity contribution in [3.8, 4) is 11.5 Å². The normalized spacial score (nSPS) is 11.9. The first kappa shape index (κ1) is 13.2. The highest BCUT2D eigenvalue weighted by atomic mass is 16.5. The van der Waals surface area contributed by atoms with Gasteiger partial charge in [0.2, 0.25) is 0 Å². The fourth-order valence-corrected chi connectivity index (χ4v) is 1.73. The highest BCUT2D eigenvalue weighted by Gasteiger charge is 2.09. The molecule has 0 spiro atoms. The number of aliphatic hydroxyl groups is 1. The maximum Gasteiger partial charge on any atom is 0.142 e. The molecule has 1 atom stereocenters. The molecule has 0 aromatic heterocycles. The third-order valence-electron chi connectivity index (χ3n) is 2.80. The Labute approximate surface area is 112 Å². The molecular formula is C15H17NO3. The van der Waals surface area contributed by atoms with Gasteiger partial charge in [0.25, 0.3) is 0 Å². The van der Waals surface area contributed by atoms with Crippen molar-refractivity contribution in [3.05, 3.63) is 54.1 Å². The molecule has 2 aromatic rings. The molecule has 1 unspecified atom stereocenters. The van der Waals surface area contributed by atoms with E-state index in [4.69, 9.17) is 15.2 Å². The number of benzene rings is 2. The van der Waals surface area contributed by atoms with Gasteiger partial charge in [-0.15, -0.1) is 0 Å². The number of nitrogens with two attached hydrogens (primary N) is 1. The van der Waals surface area contributed by atoms with Crippen LogP contribution >= 0.6 is 0 Å². The summed E-state index contributed by atoms with van der Waals surface area (Å²) in [6.45, 7) is 0.153. The Kier molecular flexibility index (Phi) is 4.26. The monoisotopic (exact) mass is 259 g/mol. The number of anilines is 1. The van der Waals surface area contributed by atoms with Crippen molar-refractivity contribution in [2.45, 2.75) is 6.10 Å². The maximum atomic E-state index is 9.98. The SMILES string of the molecule is COc1ccc(OCC(O)c2ccccc2)c(N)c1. The van der Waals surface area contributed by atoms with Crippen LogP contribution in [0, 0.1) is 0 Å². The number of rotatable bonds is 5. The lowest BCUT2D eigenvalue weighted by Gasteiger charge is -2.14. The maximum absolute atomic E-state index is 9.98. The lowest BCUT2D eigenvalue weighted by molar-refractivity contribution is 0.108. The van der Waals surface area contributed by atoms with E-state index in [9.17, 15) is 5.11 Å². The predicted molar refractivity (Wildman–Crippen MR) is 74.3 cm³/mol. The Morgan fingerprint density at radius 3 is 2.53 bits per heavy atom. The summed E-state index contributed by atoms with van der Waals surface area (Å²) in [4.78, 5) is 0. The van der Waals surface area contributed by atoms with Crippen molar-refractivity contribution in [2.24, 2.45) is 0 Å². The van der Waals surface area contributed by atoms with E-state index in [1.54, 1.807) is 25.3 Å². The van der Waals surface area contributed by atoms with Gasteiger partial charge in [-0.1, -0.05) is 30.3 Å². The van der Waals surface area contributed by atoms with E-state index in [2.05, 4.69) is 0 Å². The van der Waals surface area contributed by atoms with Gasteiger partial charge in [0.05, 0.1) is 12.8 Å². The van der Waals surface area contributed by atoms with Crippen LogP contribution in [0.3, 0.4) is 0 Å². The topological polar surface area (TPSA) is 64.7 Å². The molecule has 0 amide bonds. The summed E-state index contributed by atoms with van der Waals surface area (Å²) in [6, 6.07) is 14.5. The van der Waals surface area contributed by atoms with Crippen LogP contribution in [0.15, 0.2) is 48.5 Å². The van der Waals surface area contributed by atoms with Gasteiger partial charge in [0.15, 0.2) is 0 Å². The van der Waals surface area contributed by atoms with Crippen molar-refractivity contribution in [2.75, 3.05) is 19.5 Å². The highest BCUT2D eigenvalue weighted by molar-refractivity contribution is 5.56. The van der Waals surface area contributed by atoms with E-state index in [1.807, 2.05) is 30.3 Å². The van der Waals surface area contributed by atoms with E-state index in [1.165, 1.54) is 0 Å². The largest absolute Gasteiger partial charge is 0.497 e. The number of aliphatic hydroxyl groups excluding tert-OH is 1. The predicted octanol–water partition coefficient (Wildman–Crippen LogP) is 2.39. The van der Waals surface area contributed by atoms with Crippen LogP contribution in [0.1, 0.15) is 11.7 Å². The summed E-state index contributed by atoms with van der Waals surface area (Å²) >= 11 is 0. The molecular weight excluding hydrogens is 242 g/mol. The van der Waals surface area contributed by atoms with Gasteiger partial charge in [0.1, 0.15) is 24.2 Å². The smallest absolute Gasteiger partial charge is 0.142 e. The molecule has 0 heterocycles. The number of nitrogen functional groups attached to an aromatic ring is 1. The zero-order valence-corrected chi connectivity index (χ0v) is 10.7. The molecule has 0 saturated carbocycles. The Bertz CT molecular complexity index is 528. The molecule has 0 radical (unpaired) electrons. The van der Waals surface area contributed by atoms with E-state index in [0.717, 1.165) is 5.56 Å². The van der Waals surface area contributed by atoms with E-state index in [0.29, 0.717) is 17.2 Å². The van der Waals surface area contributed by atoms with Crippen LogP contribution in [0.4, 0.5) is 5.69 Å². The van der Waals surface area contributed by atoms with Crippen LogP contribution in [-0.2, 0) is 0 Å². The van der Waals surface area contributed by atoms with Gasteiger partial charge in [-0.3, -0.25) is 0 Å². The number of methoxy groups -OCH3 is 1. The first-order chi connectivity index (χ1) is 9.20. The summed E-state index contributed by atoms with van der Waals surface area (Å²) in [5.74, 6) is 1.21. The van der Waals surface area contributed by atoms with Crippen LogP contribution in [0.5, 0.6) is 11.5 Å². The second-order valence-electron chi connectivity index (χ2n) is 4.14. The lowest BCUT2D eigenvalue weighted by atomic mass is 10.1. The molecule has 2 rings (SSSR count). The first-order valence-electron chi connectivity index (χ1n) is 6.00. The third kappa shape index (κ3) is 3.39. The second kappa shape index (κ2) is 6.11. The van der Waals surface area contributed by atoms with Crippen LogP contribution < -0.4 is 15.2 Å². The van der Waals surface area contributed by atoms with Crippen LogP contribution in [0.25, 0.3) is 0 Å². The minimum absolute atomic E-state index is 0.153. The summed E-state index contributed by atoms with van der Waals surface area (Å²) in [7, 11) is 1.58. The minimum Gasteiger partial charge on any atom is -0.497 e. The summed E-state index contributed by atoms with van der Waals surface area (Å²) in [5.41, 5.74) is 7.14. The summed E-state index contributed by atoms with van der Waals surface area (Å²) < 4.78 is 10.6. The van der Waals surface area contributed by atoms with Crippen LogP contribution in [0.2, 0.25) is 0 Å². The lowest BCUT2D eigenvalue weighted by Crippen LogP contribution is -2.10. The van der Waals surface area contributed by atoms with Crippen molar-refractivity contribution >= 4 is 5.69 Å². The fraction of sp³-hybridized carbons (Fsp3) is 0.200. The molecule has 19 heavy (non-hydrogen) atoms. The molecule has 0 bridgehead atoms. The molecule has 4 heteroatoms. The number of hydrogen-bond acceptors (Lipinski definition) is 4. The van der Waals surface area contributed by atoms with Crippen molar-refractivity contribution in [3.63, 3.8) is 0 Å². The van der Waals surface area contributed by atoms with Gasteiger partial charge in [0, 0.05) is 6.07 Å². The molecule has 4 nitrogen and oxygen atoms in total. The van der Waals surface area contributed by atoms with Crippen molar-refractivity contribution in [1.29, 1.82) is 0 Å². The zero-order chi connectivity index (χ0) is 13.7. The van der Waals surface area contributed by atoms with Crippen molar-refractivity contribution < 1.29 is 14.6 Å². The molecule has 2 aromatic carbocycles. The van der Waals surface area contributed by atoms with E-state index in [-0.39, 0.29) is 6.61 Å². The molecule has 3 N–H and O–H groups in total. The standard InChI is InChI=1S/C15H17NO3/c1-18-12-7-8-15(13(16)9-12)19-10-14(17)11-5-3-2-4-6-11/h2-9,14,17H,10,16H2,1H3. The van der Waals surface area contributed by atoms with Gasteiger partial charge >= 0.3 is 0 Å². The van der Waals surface area contributed by atoms with Gasteiger partial charge in [-0.05, 0) is 17.7 Å². The minimum atomic E-state index is -0.678. The van der Waals surface area contributed by atoms with Gasteiger partial charge < -0.3 is 20.3 Å². The number of ether oxygens (including phenoxy) is 2. The number of hydrogen-bond donors (Lipinski definition) is 2. The molecule has 0 fully saturated rings. The molecule has 0 aliphatic heterocycles. The average molecular weight is 259 g/mol. The Hall–Kier alpha value is -2.20. The molecule has 100 valence electrons. The van der Waals surface area contributed by atoms with E-state index >= 15 is 0 Å². The van der Waals surface area contributed by atoms with Crippen LogP contribution in [-0.4, -0.2) is 18.8 Å². The quantitative estimate of drug-likeness (QED) is 0.809. The highest BCUT2D eigenvalue weighted by Crippen LogP contribution is 2.27. The third-order valence-corrected chi connectivity index (χ3v) is 2.80. The molecule has 0 aliphatic rings. The Morgan fingerprint density at radius 1 is 1.16 bits per heavy atom. The molecule has 0 saturated heterocycles. The van der Waals surface area contributed by atoms with Crippen molar-refractivity contribution in [1.82, 2.24) is 0 Å². The van der Waals surface area contributed by atoms with E-state index < -0.39 is 6.10 Å². The Morgan fingerprint density at radius 2 is 1.89 bits per heavy atom. The van der Waals surface area contributed by atoms with Gasteiger partial charge in [-0.25, -0.2) is 0 Å². The summed E-state index contributed by atoms with van der Waals surface area (Å²) in [6.07, 6.45) is -0.678. The Balaban J connectivity index is 1.99. The fourth-order valence-electron chi connectivity index (χ4n) is 1.73. The first-order valence-corrected chi connectivity index (χ1v) is 6.00. The van der Waals surface area contributed by atoms with Gasteiger partial charge in [-0.2, -0.15) is 0 Å². The molecule has 0 aliphatic carbocycles. The average Bonchev–Trinajstić information content (AvgIpc) is 2.46. The second-order valence-corrected chi connectivity index (χ2v) is 4.14.